The van der Waals surface area contributed by atoms with Gasteiger partial charge in [-0.25, -0.2) is 0 Å². The van der Waals surface area contributed by atoms with Crippen LogP contribution in [0.2, 0.25) is 0 Å². The third-order valence-electron chi connectivity index (χ3n) is 3.35. The summed E-state index contributed by atoms with van der Waals surface area (Å²) in [6.07, 6.45) is 0.782. The second kappa shape index (κ2) is 6.79. The van der Waals surface area contributed by atoms with Gasteiger partial charge in [-0.05, 0) is 54.8 Å². The monoisotopic (exact) mass is 284 g/mol. The van der Waals surface area contributed by atoms with Crippen LogP contribution in [-0.4, -0.2) is 19.6 Å². The third-order valence-corrected chi connectivity index (χ3v) is 3.35. The van der Waals surface area contributed by atoms with Gasteiger partial charge in [0.15, 0.2) is 0 Å². The number of nitrogen functional groups attached to an aromatic ring is 1. The lowest BCUT2D eigenvalue weighted by Crippen LogP contribution is -2.26. The highest BCUT2D eigenvalue weighted by atomic mass is 16.5. The first-order valence-corrected chi connectivity index (χ1v) is 6.87. The van der Waals surface area contributed by atoms with E-state index in [0.717, 1.165) is 23.3 Å². The van der Waals surface area contributed by atoms with Crippen LogP contribution in [0.5, 0.6) is 5.75 Å². The highest BCUT2D eigenvalue weighted by molar-refractivity contribution is 5.96. The topological polar surface area (TPSA) is 64.3 Å². The van der Waals surface area contributed by atoms with E-state index in [9.17, 15) is 4.79 Å². The Morgan fingerprint density at radius 3 is 2.52 bits per heavy atom. The molecule has 2 aromatic carbocycles. The summed E-state index contributed by atoms with van der Waals surface area (Å²) in [4.78, 5) is 12.1. The van der Waals surface area contributed by atoms with Gasteiger partial charge in [0.05, 0.1) is 7.11 Å². The number of carbonyl (C=O) groups is 1. The SMILES string of the molecule is COc1ccc(CCNC(=O)c2ccc(N)cc2C)cc1. The fourth-order valence-corrected chi connectivity index (χ4v) is 2.15. The molecule has 2 aromatic rings. The second-order valence-electron chi connectivity index (χ2n) is 4.93. The molecule has 0 aliphatic carbocycles. The van der Waals surface area contributed by atoms with E-state index in [1.807, 2.05) is 31.2 Å². The summed E-state index contributed by atoms with van der Waals surface area (Å²) in [6.45, 7) is 2.48. The molecule has 0 saturated carbocycles. The summed E-state index contributed by atoms with van der Waals surface area (Å²) in [5.74, 6) is 0.765. The van der Waals surface area contributed by atoms with E-state index in [1.54, 1.807) is 25.3 Å². The van der Waals surface area contributed by atoms with Crippen molar-refractivity contribution in [1.82, 2.24) is 5.32 Å². The van der Waals surface area contributed by atoms with Crippen molar-refractivity contribution in [3.05, 3.63) is 59.2 Å². The molecule has 110 valence electrons. The Labute approximate surface area is 124 Å². The first kappa shape index (κ1) is 14.9. The van der Waals surface area contributed by atoms with Gasteiger partial charge in [-0.15, -0.1) is 0 Å². The van der Waals surface area contributed by atoms with E-state index in [-0.39, 0.29) is 5.91 Å². The van der Waals surface area contributed by atoms with Crippen LogP contribution in [-0.2, 0) is 6.42 Å². The van der Waals surface area contributed by atoms with Gasteiger partial charge < -0.3 is 15.8 Å². The van der Waals surface area contributed by atoms with Crippen molar-refractivity contribution in [2.45, 2.75) is 13.3 Å². The zero-order valence-electron chi connectivity index (χ0n) is 12.3. The Bertz CT molecular complexity index is 621. The van der Waals surface area contributed by atoms with Gasteiger partial charge in [-0.3, -0.25) is 4.79 Å². The number of methoxy groups -OCH3 is 1. The largest absolute Gasteiger partial charge is 0.497 e. The highest BCUT2D eigenvalue weighted by Crippen LogP contribution is 2.13. The molecule has 3 N–H and O–H groups in total. The number of carbonyl (C=O) groups excluding carboxylic acids is 1. The van der Waals surface area contributed by atoms with E-state index in [2.05, 4.69) is 5.32 Å². The predicted molar refractivity (Wildman–Crippen MR) is 84.6 cm³/mol. The van der Waals surface area contributed by atoms with Crippen LogP contribution in [0.4, 0.5) is 5.69 Å². The van der Waals surface area contributed by atoms with Crippen LogP contribution >= 0.6 is 0 Å². The smallest absolute Gasteiger partial charge is 0.251 e. The maximum absolute atomic E-state index is 12.1. The summed E-state index contributed by atoms with van der Waals surface area (Å²) in [5, 5.41) is 2.93. The summed E-state index contributed by atoms with van der Waals surface area (Å²) in [6, 6.07) is 13.1. The molecule has 2 rings (SSSR count). The van der Waals surface area contributed by atoms with E-state index in [1.165, 1.54) is 0 Å². The molecular formula is C17H20N2O2. The maximum Gasteiger partial charge on any atom is 0.251 e. The van der Waals surface area contributed by atoms with Gasteiger partial charge in [0.2, 0.25) is 0 Å². The number of anilines is 1. The number of rotatable bonds is 5. The van der Waals surface area contributed by atoms with Crippen LogP contribution in [0.3, 0.4) is 0 Å². The number of hydrogen-bond acceptors (Lipinski definition) is 3. The molecule has 1 amide bonds. The Morgan fingerprint density at radius 1 is 1.19 bits per heavy atom. The molecule has 0 bridgehead atoms. The Hall–Kier alpha value is -2.49. The van der Waals surface area contributed by atoms with Crippen LogP contribution in [0.15, 0.2) is 42.5 Å². The van der Waals surface area contributed by atoms with E-state index < -0.39 is 0 Å². The Kier molecular flexibility index (Phi) is 4.82. The van der Waals surface area contributed by atoms with Gasteiger partial charge in [-0.1, -0.05) is 12.1 Å². The van der Waals surface area contributed by atoms with Crippen molar-refractivity contribution in [3.63, 3.8) is 0 Å². The van der Waals surface area contributed by atoms with E-state index in [0.29, 0.717) is 17.8 Å². The maximum atomic E-state index is 12.1. The fraction of sp³-hybridized carbons (Fsp3) is 0.235. The molecule has 0 spiro atoms. The van der Waals surface area contributed by atoms with Gasteiger partial charge in [0.25, 0.3) is 5.91 Å². The average molecular weight is 284 g/mol. The molecule has 4 heteroatoms. The average Bonchev–Trinajstić information content (AvgIpc) is 2.47. The Morgan fingerprint density at radius 2 is 1.90 bits per heavy atom. The number of amides is 1. The minimum absolute atomic E-state index is 0.0685. The first-order valence-electron chi connectivity index (χ1n) is 6.87. The zero-order chi connectivity index (χ0) is 15.2. The molecule has 0 radical (unpaired) electrons. The van der Waals surface area contributed by atoms with Crippen molar-refractivity contribution in [3.8, 4) is 5.75 Å². The molecule has 21 heavy (non-hydrogen) atoms. The number of ether oxygens (including phenoxy) is 1. The zero-order valence-corrected chi connectivity index (χ0v) is 12.3. The lowest BCUT2D eigenvalue weighted by molar-refractivity contribution is 0.0953. The van der Waals surface area contributed by atoms with Crippen LogP contribution < -0.4 is 15.8 Å². The van der Waals surface area contributed by atoms with Gasteiger partial charge in [0, 0.05) is 17.8 Å². The molecule has 0 heterocycles. The number of aryl methyl sites for hydroxylation is 1. The number of hydrogen-bond donors (Lipinski definition) is 2. The van der Waals surface area contributed by atoms with Crippen LogP contribution in [0.25, 0.3) is 0 Å². The lowest BCUT2D eigenvalue weighted by atomic mass is 10.1. The summed E-state index contributed by atoms with van der Waals surface area (Å²) in [5.41, 5.74) is 9.06. The first-order chi connectivity index (χ1) is 10.1. The van der Waals surface area contributed by atoms with Crippen molar-refractivity contribution < 1.29 is 9.53 Å². The molecule has 0 saturated heterocycles. The van der Waals surface area contributed by atoms with Crippen LogP contribution in [0, 0.1) is 6.92 Å². The normalized spacial score (nSPS) is 10.2. The van der Waals surface area contributed by atoms with Crippen molar-refractivity contribution >= 4 is 11.6 Å². The molecule has 0 unspecified atom stereocenters. The minimum Gasteiger partial charge on any atom is -0.497 e. The number of nitrogens with one attached hydrogen (secondary N) is 1. The second-order valence-corrected chi connectivity index (χ2v) is 4.93. The fourth-order valence-electron chi connectivity index (χ4n) is 2.15. The van der Waals surface area contributed by atoms with Crippen molar-refractivity contribution in [2.24, 2.45) is 0 Å². The summed E-state index contributed by atoms with van der Waals surface area (Å²) >= 11 is 0. The van der Waals surface area contributed by atoms with E-state index >= 15 is 0 Å². The quantitative estimate of drug-likeness (QED) is 0.829. The van der Waals surface area contributed by atoms with E-state index in [4.69, 9.17) is 10.5 Å². The summed E-state index contributed by atoms with van der Waals surface area (Å²) in [7, 11) is 1.64. The number of nitrogens with two attached hydrogens (primary N) is 1. The molecule has 0 atom stereocenters. The molecule has 0 aliphatic heterocycles. The van der Waals surface area contributed by atoms with Crippen LogP contribution in [0.1, 0.15) is 21.5 Å². The standard InChI is InChI=1S/C17H20N2O2/c1-12-11-14(18)5-8-16(12)17(20)19-10-9-13-3-6-15(21-2)7-4-13/h3-8,11H,9-10,18H2,1-2H3,(H,19,20). The molecule has 0 aromatic heterocycles. The predicted octanol–water partition coefficient (Wildman–Crippen LogP) is 2.56. The molecule has 0 aliphatic rings. The van der Waals surface area contributed by atoms with Crippen molar-refractivity contribution in [1.29, 1.82) is 0 Å². The molecule has 4 nitrogen and oxygen atoms in total. The highest BCUT2D eigenvalue weighted by Gasteiger charge is 2.08. The van der Waals surface area contributed by atoms with Gasteiger partial charge in [0.1, 0.15) is 5.75 Å². The van der Waals surface area contributed by atoms with Crippen molar-refractivity contribution in [2.75, 3.05) is 19.4 Å². The number of benzene rings is 2. The van der Waals surface area contributed by atoms with Gasteiger partial charge in [-0.2, -0.15) is 0 Å². The third kappa shape index (κ3) is 3.99. The van der Waals surface area contributed by atoms with Gasteiger partial charge >= 0.3 is 0 Å². The minimum atomic E-state index is -0.0685. The Balaban J connectivity index is 1.88. The lowest BCUT2D eigenvalue weighted by Gasteiger charge is -2.09. The molecule has 0 fully saturated rings. The summed E-state index contributed by atoms with van der Waals surface area (Å²) < 4.78 is 5.11. The molecular weight excluding hydrogens is 264 g/mol.